The van der Waals surface area contributed by atoms with Gasteiger partial charge in [-0.15, -0.1) is 0 Å². The van der Waals surface area contributed by atoms with Crippen LogP contribution >= 0.6 is 0 Å². The lowest BCUT2D eigenvalue weighted by molar-refractivity contribution is -0.121. The second kappa shape index (κ2) is 5.48. The number of hydrogen-bond donors (Lipinski definition) is 2. The fourth-order valence-electron chi connectivity index (χ4n) is 0.965. The van der Waals surface area contributed by atoms with E-state index >= 15 is 0 Å². The number of nitrogens with zero attached hydrogens (tertiary/aromatic N) is 2. The summed E-state index contributed by atoms with van der Waals surface area (Å²) >= 11 is 0. The van der Waals surface area contributed by atoms with Gasteiger partial charge >= 0.3 is 6.18 Å². The topological polar surface area (TPSA) is 84.0 Å². The molecule has 0 aromatic carbocycles. The molecule has 0 amide bonds. The zero-order valence-electron chi connectivity index (χ0n) is 9.32. The lowest BCUT2D eigenvalue weighted by atomic mass is 10.6. The van der Waals surface area contributed by atoms with Crippen LogP contribution in [0.3, 0.4) is 0 Å². The molecular formula is C8H11F3N4O2S. The number of sulfonamides is 1. The number of alkyl halides is 3. The van der Waals surface area contributed by atoms with E-state index in [0.717, 1.165) is 12.4 Å². The Morgan fingerprint density at radius 1 is 1.28 bits per heavy atom. The van der Waals surface area contributed by atoms with Gasteiger partial charge in [0.25, 0.3) is 0 Å². The van der Waals surface area contributed by atoms with Gasteiger partial charge in [0, 0.05) is 6.54 Å². The lowest BCUT2D eigenvalue weighted by Crippen LogP contribution is -2.33. The van der Waals surface area contributed by atoms with E-state index in [9.17, 15) is 21.6 Å². The Morgan fingerprint density at radius 3 is 2.28 bits per heavy atom. The maximum absolute atomic E-state index is 11.9. The van der Waals surface area contributed by atoms with E-state index in [1.54, 1.807) is 6.92 Å². The number of hydrogen-bond acceptors (Lipinski definition) is 5. The lowest BCUT2D eigenvalue weighted by Gasteiger charge is -2.09. The van der Waals surface area contributed by atoms with Gasteiger partial charge in [-0.2, -0.15) is 13.2 Å². The summed E-state index contributed by atoms with van der Waals surface area (Å²) in [7, 11) is -4.25. The highest BCUT2D eigenvalue weighted by Gasteiger charge is 2.30. The molecule has 1 aromatic rings. The molecular weight excluding hydrogens is 273 g/mol. The summed E-state index contributed by atoms with van der Waals surface area (Å²) in [5, 5.41) is 2.72. The third-order valence-corrected chi connectivity index (χ3v) is 3.09. The molecule has 0 aliphatic carbocycles. The number of rotatable bonds is 5. The Balaban J connectivity index is 2.79. The summed E-state index contributed by atoms with van der Waals surface area (Å²) in [6.07, 6.45) is -2.75. The van der Waals surface area contributed by atoms with Crippen LogP contribution in [0.5, 0.6) is 0 Å². The Morgan fingerprint density at radius 2 is 1.83 bits per heavy atom. The molecule has 1 rings (SSSR count). The van der Waals surface area contributed by atoms with Gasteiger partial charge in [0.1, 0.15) is 11.4 Å². The normalized spacial score (nSPS) is 12.4. The zero-order valence-corrected chi connectivity index (χ0v) is 10.1. The van der Waals surface area contributed by atoms with Crippen LogP contribution in [0.15, 0.2) is 17.3 Å². The molecule has 0 saturated heterocycles. The van der Waals surface area contributed by atoms with Crippen LogP contribution in [-0.2, 0) is 10.0 Å². The Kier molecular flexibility index (Phi) is 4.46. The molecule has 0 spiro atoms. The monoisotopic (exact) mass is 284 g/mol. The van der Waals surface area contributed by atoms with Crippen molar-refractivity contribution in [2.45, 2.75) is 18.0 Å². The van der Waals surface area contributed by atoms with Crippen molar-refractivity contribution in [2.75, 3.05) is 18.4 Å². The summed E-state index contributed by atoms with van der Waals surface area (Å²) in [5.41, 5.74) is 0. The van der Waals surface area contributed by atoms with Gasteiger partial charge < -0.3 is 5.32 Å². The predicted molar refractivity (Wildman–Crippen MR) is 57.4 cm³/mol. The van der Waals surface area contributed by atoms with Gasteiger partial charge in [0.15, 0.2) is 0 Å². The van der Waals surface area contributed by atoms with Crippen molar-refractivity contribution in [3.63, 3.8) is 0 Å². The van der Waals surface area contributed by atoms with Crippen molar-refractivity contribution >= 4 is 16.0 Å². The minimum Gasteiger partial charge on any atom is -0.355 e. The first-order valence-electron chi connectivity index (χ1n) is 4.87. The molecule has 102 valence electrons. The van der Waals surface area contributed by atoms with E-state index in [4.69, 9.17) is 0 Å². The fraction of sp³-hybridized carbons (Fsp3) is 0.500. The van der Waals surface area contributed by atoms with Gasteiger partial charge in [-0.3, -0.25) is 0 Å². The molecule has 0 unspecified atom stereocenters. The quantitative estimate of drug-likeness (QED) is 0.833. The third-order valence-electron chi connectivity index (χ3n) is 1.74. The van der Waals surface area contributed by atoms with E-state index in [0.29, 0.717) is 6.54 Å². The van der Waals surface area contributed by atoms with Crippen LogP contribution in [0, 0.1) is 0 Å². The molecule has 0 atom stereocenters. The van der Waals surface area contributed by atoms with E-state index in [-0.39, 0.29) is 5.95 Å². The summed E-state index contributed by atoms with van der Waals surface area (Å²) in [6.45, 7) is 0.696. The SMILES string of the molecule is CCNc1ncc(S(=O)(=O)NCC(F)(F)F)cn1. The van der Waals surface area contributed by atoms with Crippen molar-refractivity contribution < 1.29 is 21.6 Å². The van der Waals surface area contributed by atoms with Crippen molar-refractivity contribution in [3.05, 3.63) is 12.4 Å². The van der Waals surface area contributed by atoms with Crippen LogP contribution in [0.1, 0.15) is 6.92 Å². The van der Waals surface area contributed by atoms with Crippen molar-refractivity contribution in [1.29, 1.82) is 0 Å². The Bertz CT molecular complexity index is 486. The molecule has 0 radical (unpaired) electrons. The van der Waals surface area contributed by atoms with E-state index in [1.165, 1.54) is 4.72 Å². The average molecular weight is 284 g/mol. The Hall–Kier alpha value is -1.42. The summed E-state index contributed by atoms with van der Waals surface area (Å²) < 4.78 is 60.0. The average Bonchev–Trinajstić information content (AvgIpc) is 2.27. The molecule has 0 saturated carbocycles. The predicted octanol–water partition coefficient (Wildman–Crippen LogP) is 0.749. The molecule has 0 aliphatic heterocycles. The van der Waals surface area contributed by atoms with Gasteiger partial charge in [0.2, 0.25) is 16.0 Å². The van der Waals surface area contributed by atoms with Crippen molar-refractivity contribution in [1.82, 2.24) is 14.7 Å². The first-order valence-corrected chi connectivity index (χ1v) is 6.35. The maximum Gasteiger partial charge on any atom is 0.402 e. The highest BCUT2D eigenvalue weighted by atomic mass is 32.2. The molecule has 0 fully saturated rings. The van der Waals surface area contributed by atoms with Gasteiger partial charge in [-0.1, -0.05) is 0 Å². The number of nitrogens with one attached hydrogen (secondary N) is 2. The number of halogens is 3. The highest BCUT2D eigenvalue weighted by molar-refractivity contribution is 7.89. The van der Waals surface area contributed by atoms with Crippen LogP contribution < -0.4 is 10.0 Å². The van der Waals surface area contributed by atoms with Crippen LogP contribution in [0.4, 0.5) is 19.1 Å². The van der Waals surface area contributed by atoms with Crippen LogP contribution in [0.25, 0.3) is 0 Å². The molecule has 6 nitrogen and oxygen atoms in total. The second-order valence-corrected chi connectivity index (χ2v) is 4.98. The first kappa shape index (κ1) is 14.6. The fourth-order valence-corrected chi connectivity index (χ4v) is 1.87. The molecule has 2 N–H and O–H groups in total. The smallest absolute Gasteiger partial charge is 0.355 e. The summed E-state index contributed by atoms with van der Waals surface area (Å²) in [6, 6.07) is 0. The largest absolute Gasteiger partial charge is 0.402 e. The molecule has 0 bridgehead atoms. The number of anilines is 1. The molecule has 1 aromatic heterocycles. The Labute approximate surface area is 102 Å². The van der Waals surface area contributed by atoms with E-state index in [1.807, 2.05) is 0 Å². The van der Waals surface area contributed by atoms with Crippen molar-refractivity contribution in [3.8, 4) is 0 Å². The minimum absolute atomic E-state index is 0.201. The first-order chi connectivity index (χ1) is 8.24. The molecule has 1 heterocycles. The van der Waals surface area contributed by atoms with Crippen molar-refractivity contribution in [2.24, 2.45) is 0 Å². The van der Waals surface area contributed by atoms with E-state index in [2.05, 4.69) is 15.3 Å². The molecule has 18 heavy (non-hydrogen) atoms. The van der Waals surface area contributed by atoms with Gasteiger partial charge in [-0.25, -0.2) is 23.1 Å². The standard InChI is InChI=1S/C8H11F3N4O2S/c1-2-12-7-13-3-6(4-14-7)18(16,17)15-5-8(9,10)11/h3-4,15H,2,5H2,1H3,(H,12,13,14). The zero-order chi connectivity index (χ0) is 13.8. The van der Waals surface area contributed by atoms with Gasteiger partial charge in [-0.05, 0) is 6.92 Å². The maximum atomic E-state index is 11.9. The summed E-state index contributed by atoms with van der Waals surface area (Å²) in [5.74, 6) is 0.201. The highest BCUT2D eigenvalue weighted by Crippen LogP contribution is 2.14. The van der Waals surface area contributed by atoms with Crippen LogP contribution in [0.2, 0.25) is 0 Å². The van der Waals surface area contributed by atoms with E-state index < -0.39 is 27.6 Å². The summed E-state index contributed by atoms with van der Waals surface area (Å²) in [4.78, 5) is 6.89. The minimum atomic E-state index is -4.61. The second-order valence-electron chi connectivity index (χ2n) is 3.21. The third kappa shape index (κ3) is 4.45. The molecule has 10 heteroatoms. The van der Waals surface area contributed by atoms with Gasteiger partial charge in [0.05, 0.1) is 12.4 Å². The molecule has 0 aliphatic rings. The number of aromatic nitrogens is 2. The van der Waals surface area contributed by atoms with Crippen LogP contribution in [-0.4, -0.2) is 37.7 Å².